The number of carbonyl (C=O) groups is 1. The summed E-state index contributed by atoms with van der Waals surface area (Å²) in [6, 6.07) is 9.18. The molecular weight excluding hydrogens is 314 g/mol. The maximum Gasteiger partial charge on any atom is 0.251 e. The Kier molecular flexibility index (Phi) is 5.04. The SMILES string of the molecule is CNC(=O)c1ccc(Cl)c(NCc2cc(Cl)ccc2F)c1. The summed E-state index contributed by atoms with van der Waals surface area (Å²) in [5.74, 6) is -0.575. The Morgan fingerprint density at radius 2 is 1.95 bits per heavy atom. The van der Waals surface area contributed by atoms with Crippen LogP contribution in [0.5, 0.6) is 0 Å². The number of hydrogen-bond acceptors (Lipinski definition) is 2. The van der Waals surface area contributed by atoms with E-state index in [1.807, 2.05) is 0 Å². The van der Waals surface area contributed by atoms with Crippen LogP contribution in [-0.4, -0.2) is 13.0 Å². The molecule has 2 aromatic carbocycles. The fourth-order valence-electron chi connectivity index (χ4n) is 1.82. The molecule has 0 radical (unpaired) electrons. The van der Waals surface area contributed by atoms with E-state index in [1.165, 1.54) is 12.1 Å². The highest BCUT2D eigenvalue weighted by Gasteiger charge is 2.09. The molecule has 2 aromatic rings. The van der Waals surface area contributed by atoms with E-state index in [2.05, 4.69) is 10.6 Å². The molecule has 0 aliphatic heterocycles. The zero-order valence-corrected chi connectivity index (χ0v) is 12.7. The molecule has 2 rings (SSSR count). The Morgan fingerprint density at radius 1 is 1.19 bits per heavy atom. The average Bonchev–Trinajstić information content (AvgIpc) is 2.48. The molecule has 0 spiro atoms. The van der Waals surface area contributed by atoms with Crippen molar-refractivity contribution in [2.45, 2.75) is 6.54 Å². The fraction of sp³-hybridized carbons (Fsp3) is 0.133. The highest BCUT2D eigenvalue weighted by molar-refractivity contribution is 6.33. The molecule has 0 heterocycles. The van der Waals surface area contributed by atoms with Crippen LogP contribution in [0.25, 0.3) is 0 Å². The minimum atomic E-state index is -0.356. The van der Waals surface area contributed by atoms with E-state index < -0.39 is 0 Å². The molecule has 0 saturated carbocycles. The molecule has 0 fully saturated rings. The van der Waals surface area contributed by atoms with Gasteiger partial charge in [-0.05, 0) is 36.4 Å². The zero-order chi connectivity index (χ0) is 15.4. The Morgan fingerprint density at radius 3 is 2.67 bits per heavy atom. The van der Waals surface area contributed by atoms with Crippen LogP contribution in [0.3, 0.4) is 0 Å². The Hall–Kier alpha value is -1.78. The van der Waals surface area contributed by atoms with Crippen LogP contribution in [0.2, 0.25) is 10.0 Å². The van der Waals surface area contributed by atoms with Crippen LogP contribution in [0.15, 0.2) is 36.4 Å². The fourth-order valence-corrected chi connectivity index (χ4v) is 2.19. The maximum absolute atomic E-state index is 13.6. The van der Waals surface area contributed by atoms with E-state index >= 15 is 0 Å². The Labute approximate surface area is 132 Å². The third-order valence-electron chi connectivity index (χ3n) is 2.93. The molecular formula is C15H13Cl2FN2O. The van der Waals surface area contributed by atoms with Gasteiger partial charge in [-0.2, -0.15) is 0 Å². The molecule has 0 atom stereocenters. The van der Waals surface area contributed by atoms with Crippen molar-refractivity contribution in [3.63, 3.8) is 0 Å². The van der Waals surface area contributed by atoms with Gasteiger partial charge in [0.2, 0.25) is 0 Å². The Balaban J connectivity index is 2.19. The average molecular weight is 327 g/mol. The van der Waals surface area contributed by atoms with E-state index in [-0.39, 0.29) is 18.3 Å². The monoisotopic (exact) mass is 326 g/mol. The number of benzene rings is 2. The number of halogens is 3. The lowest BCUT2D eigenvalue weighted by Crippen LogP contribution is -2.17. The van der Waals surface area contributed by atoms with Crippen LogP contribution in [0, 0.1) is 5.82 Å². The summed E-state index contributed by atoms with van der Waals surface area (Å²) in [7, 11) is 1.55. The predicted molar refractivity (Wildman–Crippen MR) is 83.6 cm³/mol. The van der Waals surface area contributed by atoms with Gasteiger partial charge in [0.15, 0.2) is 0 Å². The van der Waals surface area contributed by atoms with Gasteiger partial charge >= 0.3 is 0 Å². The molecule has 0 unspecified atom stereocenters. The quantitative estimate of drug-likeness (QED) is 0.887. The first-order valence-corrected chi connectivity index (χ1v) is 6.96. The second kappa shape index (κ2) is 6.78. The van der Waals surface area contributed by atoms with Crippen molar-refractivity contribution in [3.8, 4) is 0 Å². The number of carbonyl (C=O) groups excluding carboxylic acids is 1. The number of anilines is 1. The first kappa shape index (κ1) is 15.6. The van der Waals surface area contributed by atoms with Crippen LogP contribution in [0.1, 0.15) is 15.9 Å². The molecule has 0 aromatic heterocycles. The van der Waals surface area contributed by atoms with Crippen LogP contribution < -0.4 is 10.6 Å². The van der Waals surface area contributed by atoms with E-state index in [1.54, 1.807) is 31.3 Å². The summed E-state index contributed by atoms with van der Waals surface area (Å²) in [6.45, 7) is 0.212. The topological polar surface area (TPSA) is 41.1 Å². The second-order valence-corrected chi connectivity index (χ2v) is 5.21. The molecule has 1 amide bonds. The predicted octanol–water partition coefficient (Wildman–Crippen LogP) is 4.10. The van der Waals surface area contributed by atoms with Gasteiger partial charge in [0.05, 0.1) is 10.7 Å². The van der Waals surface area contributed by atoms with Gasteiger partial charge in [0.1, 0.15) is 5.82 Å². The van der Waals surface area contributed by atoms with Gasteiger partial charge < -0.3 is 10.6 Å². The molecule has 110 valence electrons. The van der Waals surface area contributed by atoms with Crippen molar-refractivity contribution in [1.29, 1.82) is 0 Å². The van der Waals surface area contributed by atoms with Gasteiger partial charge in [-0.1, -0.05) is 23.2 Å². The normalized spacial score (nSPS) is 10.3. The van der Waals surface area contributed by atoms with Crippen molar-refractivity contribution >= 4 is 34.8 Å². The highest BCUT2D eigenvalue weighted by atomic mass is 35.5. The van der Waals surface area contributed by atoms with Crippen molar-refractivity contribution in [3.05, 3.63) is 63.4 Å². The smallest absolute Gasteiger partial charge is 0.251 e. The first-order chi connectivity index (χ1) is 10.0. The molecule has 0 aliphatic carbocycles. The molecule has 0 saturated heterocycles. The summed E-state index contributed by atoms with van der Waals surface area (Å²) in [4.78, 5) is 11.6. The van der Waals surface area contributed by atoms with E-state index in [9.17, 15) is 9.18 Å². The molecule has 6 heteroatoms. The maximum atomic E-state index is 13.6. The number of nitrogens with one attached hydrogen (secondary N) is 2. The van der Waals surface area contributed by atoms with Crippen molar-refractivity contribution in [2.75, 3.05) is 12.4 Å². The summed E-state index contributed by atoms with van der Waals surface area (Å²) in [5.41, 5.74) is 1.44. The largest absolute Gasteiger partial charge is 0.380 e. The van der Waals surface area contributed by atoms with E-state index in [0.29, 0.717) is 26.9 Å². The summed E-state index contributed by atoms with van der Waals surface area (Å²) in [6.07, 6.45) is 0. The highest BCUT2D eigenvalue weighted by Crippen LogP contribution is 2.24. The van der Waals surface area contributed by atoms with Crippen LogP contribution >= 0.6 is 23.2 Å². The van der Waals surface area contributed by atoms with Crippen LogP contribution in [0.4, 0.5) is 10.1 Å². The molecule has 3 nitrogen and oxygen atoms in total. The third kappa shape index (κ3) is 3.86. The van der Waals surface area contributed by atoms with Gasteiger partial charge in [0.25, 0.3) is 5.91 Å². The lowest BCUT2D eigenvalue weighted by molar-refractivity contribution is 0.0963. The summed E-state index contributed by atoms with van der Waals surface area (Å²) < 4.78 is 13.6. The number of hydrogen-bond donors (Lipinski definition) is 2. The third-order valence-corrected chi connectivity index (χ3v) is 3.50. The Bertz CT molecular complexity index is 677. The molecule has 21 heavy (non-hydrogen) atoms. The number of rotatable bonds is 4. The second-order valence-electron chi connectivity index (χ2n) is 4.36. The summed E-state index contributed by atoms with van der Waals surface area (Å²) in [5, 5.41) is 6.44. The van der Waals surface area contributed by atoms with Crippen LogP contribution in [-0.2, 0) is 6.54 Å². The number of amides is 1. The molecule has 0 bridgehead atoms. The summed E-state index contributed by atoms with van der Waals surface area (Å²) >= 11 is 11.9. The standard InChI is InChI=1S/C15H13Cl2FN2O/c1-19-15(21)9-2-4-12(17)14(7-9)20-8-10-6-11(16)3-5-13(10)18/h2-7,20H,8H2,1H3,(H,19,21). The lowest BCUT2D eigenvalue weighted by atomic mass is 10.1. The van der Waals surface area contributed by atoms with Gasteiger partial charge in [0, 0.05) is 29.7 Å². The first-order valence-electron chi connectivity index (χ1n) is 6.20. The molecule has 0 aliphatic rings. The van der Waals surface area contributed by atoms with Gasteiger partial charge in [-0.3, -0.25) is 4.79 Å². The van der Waals surface area contributed by atoms with Gasteiger partial charge in [-0.25, -0.2) is 4.39 Å². The van der Waals surface area contributed by atoms with Crippen molar-refractivity contribution in [1.82, 2.24) is 5.32 Å². The van der Waals surface area contributed by atoms with Crippen molar-refractivity contribution in [2.24, 2.45) is 0 Å². The van der Waals surface area contributed by atoms with E-state index in [4.69, 9.17) is 23.2 Å². The zero-order valence-electron chi connectivity index (χ0n) is 11.2. The molecule has 2 N–H and O–H groups in total. The van der Waals surface area contributed by atoms with Crippen molar-refractivity contribution < 1.29 is 9.18 Å². The van der Waals surface area contributed by atoms with Gasteiger partial charge in [-0.15, -0.1) is 0 Å². The minimum absolute atomic E-state index is 0.212. The van der Waals surface area contributed by atoms with E-state index in [0.717, 1.165) is 0 Å². The minimum Gasteiger partial charge on any atom is -0.380 e. The lowest BCUT2D eigenvalue weighted by Gasteiger charge is -2.11.